The van der Waals surface area contributed by atoms with Gasteiger partial charge < -0.3 is 10.4 Å². The number of fused-ring (bicyclic) bond motifs is 1. The molecule has 4 rings (SSSR count). The van der Waals surface area contributed by atoms with Crippen molar-refractivity contribution in [1.82, 2.24) is 14.8 Å². The molecule has 154 valence electrons. The quantitative estimate of drug-likeness (QED) is 0.676. The molecule has 2 aromatic heterocycles. The summed E-state index contributed by atoms with van der Waals surface area (Å²) in [6.45, 7) is 3.36. The molecule has 0 aliphatic heterocycles. The Morgan fingerprint density at radius 3 is 2.70 bits per heavy atom. The van der Waals surface area contributed by atoms with E-state index in [0.717, 1.165) is 23.7 Å². The molecule has 3 aromatic rings. The number of pyridine rings is 1. The number of hydrogen-bond donors (Lipinski definition) is 2. The van der Waals surface area contributed by atoms with Crippen LogP contribution in [0.2, 0.25) is 0 Å². The third kappa shape index (κ3) is 4.05. The second kappa shape index (κ2) is 7.88. The standard InChI is InChI=1S/C23H25N5O2/c1-23(2,30)19-10-20-17(14-28(27-20)18-6-4-3-5-7-18)9-21(19)26-22(29)16-8-15(11-24)12-25-13-16/h8-10,12-14,18,30H,3-7H2,1-2H3,(H,26,29). The summed E-state index contributed by atoms with van der Waals surface area (Å²) in [6, 6.07) is 7.57. The van der Waals surface area contributed by atoms with Crippen molar-refractivity contribution >= 4 is 22.5 Å². The lowest BCUT2D eigenvalue weighted by Crippen LogP contribution is -2.21. The summed E-state index contributed by atoms with van der Waals surface area (Å²) in [6.07, 6.45) is 10.8. The molecule has 1 aliphatic carbocycles. The van der Waals surface area contributed by atoms with Crippen molar-refractivity contribution in [2.45, 2.75) is 57.6 Å². The number of carbonyl (C=O) groups is 1. The molecule has 0 radical (unpaired) electrons. The number of rotatable bonds is 4. The van der Waals surface area contributed by atoms with Crippen molar-refractivity contribution < 1.29 is 9.90 Å². The average Bonchev–Trinajstić information content (AvgIpc) is 3.16. The summed E-state index contributed by atoms with van der Waals surface area (Å²) in [4.78, 5) is 16.7. The largest absolute Gasteiger partial charge is 0.386 e. The van der Waals surface area contributed by atoms with Crippen molar-refractivity contribution in [3.8, 4) is 6.07 Å². The SMILES string of the molecule is CC(C)(O)c1cc2nn(C3CCCCC3)cc2cc1NC(=O)c1cncc(C#N)c1. The van der Waals surface area contributed by atoms with E-state index in [1.54, 1.807) is 13.8 Å². The second-order valence-electron chi connectivity index (χ2n) is 8.44. The number of amides is 1. The van der Waals surface area contributed by atoms with Crippen LogP contribution in [0.3, 0.4) is 0 Å². The van der Waals surface area contributed by atoms with Gasteiger partial charge in [0.2, 0.25) is 0 Å². The zero-order valence-electron chi connectivity index (χ0n) is 17.2. The van der Waals surface area contributed by atoms with Crippen molar-refractivity contribution in [3.05, 3.63) is 53.5 Å². The number of aliphatic hydroxyl groups is 1. The number of anilines is 1. The van der Waals surface area contributed by atoms with Gasteiger partial charge in [0.05, 0.1) is 28.3 Å². The van der Waals surface area contributed by atoms with Crippen molar-refractivity contribution in [1.29, 1.82) is 5.26 Å². The highest BCUT2D eigenvalue weighted by Gasteiger charge is 2.24. The summed E-state index contributed by atoms with van der Waals surface area (Å²) < 4.78 is 2.03. The van der Waals surface area contributed by atoms with Gasteiger partial charge in [-0.25, -0.2) is 0 Å². The van der Waals surface area contributed by atoms with Crippen molar-refractivity contribution in [3.63, 3.8) is 0 Å². The second-order valence-corrected chi connectivity index (χ2v) is 8.44. The van der Waals surface area contributed by atoms with Gasteiger partial charge in [-0.05, 0) is 44.9 Å². The molecule has 0 bridgehead atoms. The zero-order chi connectivity index (χ0) is 21.3. The maximum Gasteiger partial charge on any atom is 0.257 e. The van der Waals surface area contributed by atoms with Crippen LogP contribution < -0.4 is 5.32 Å². The molecular weight excluding hydrogens is 378 g/mol. The number of nitriles is 1. The fourth-order valence-corrected chi connectivity index (χ4v) is 4.05. The van der Waals surface area contributed by atoms with Gasteiger partial charge in [-0.3, -0.25) is 14.5 Å². The van der Waals surface area contributed by atoms with E-state index in [1.165, 1.54) is 37.7 Å². The fourth-order valence-electron chi connectivity index (χ4n) is 4.05. The Morgan fingerprint density at radius 2 is 2.00 bits per heavy atom. The summed E-state index contributed by atoms with van der Waals surface area (Å²) in [5, 5.41) is 28.3. The number of nitrogens with zero attached hydrogens (tertiary/aromatic N) is 4. The molecule has 1 amide bonds. The summed E-state index contributed by atoms with van der Waals surface area (Å²) in [5.74, 6) is -0.385. The van der Waals surface area contributed by atoms with Gasteiger partial charge in [-0.1, -0.05) is 19.3 Å². The third-order valence-electron chi connectivity index (χ3n) is 5.65. The van der Waals surface area contributed by atoms with Crippen LogP contribution in [-0.4, -0.2) is 25.8 Å². The molecular formula is C23H25N5O2. The molecule has 1 aromatic carbocycles. The van der Waals surface area contributed by atoms with Crippen LogP contribution in [0.5, 0.6) is 0 Å². The highest BCUT2D eigenvalue weighted by atomic mass is 16.3. The number of benzene rings is 1. The van der Waals surface area contributed by atoms with Crippen LogP contribution >= 0.6 is 0 Å². The minimum Gasteiger partial charge on any atom is -0.386 e. The first-order chi connectivity index (χ1) is 14.3. The van der Waals surface area contributed by atoms with E-state index in [1.807, 2.05) is 29.1 Å². The lowest BCUT2D eigenvalue weighted by atomic mass is 9.95. The van der Waals surface area contributed by atoms with Crippen LogP contribution in [-0.2, 0) is 5.60 Å². The maximum absolute atomic E-state index is 12.8. The molecule has 1 fully saturated rings. The Morgan fingerprint density at radius 1 is 1.23 bits per heavy atom. The van der Waals surface area contributed by atoms with Crippen LogP contribution in [0.1, 0.15) is 73.5 Å². The molecule has 0 atom stereocenters. The highest BCUT2D eigenvalue weighted by molar-refractivity contribution is 6.05. The van der Waals surface area contributed by atoms with E-state index in [2.05, 4.69) is 10.3 Å². The van der Waals surface area contributed by atoms with Crippen LogP contribution in [0.25, 0.3) is 10.9 Å². The van der Waals surface area contributed by atoms with Crippen molar-refractivity contribution in [2.24, 2.45) is 0 Å². The van der Waals surface area contributed by atoms with Gasteiger partial charge in [0.25, 0.3) is 5.91 Å². The van der Waals surface area contributed by atoms with Gasteiger partial charge in [0.15, 0.2) is 0 Å². The lowest BCUT2D eigenvalue weighted by Gasteiger charge is -2.22. The van der Waals surface area contributed by atoms with Gasteiger partial charge in [0, 0.05) is 35.2 Å². The monoisotopic (exact) mass is 403 g/mol. The van der Waals surface area contributed by atoms with Crippen molar-refractivity contribution in [2.75, 3.05) is 5.32 Å². The Bertz CT molecular complexity index is 1130. The zero-order valence-corrected chi connectivity index (χ0v) is 17.2. The van der Waals surface area contributed by atoms with Gasteiger partial charge in [-0.15, -0.1) is 0 Å². The third-order valence-corrected chi connectivity index (χ3v) is 5.65. The van der Waals surface area contributed by atoms with E-state index in [9.17, 15) is 9.90 Å². The van der Waals surface area contributed by atoms with E-state index in [0.29, 0.717) is 22.9 Å². The first-order valence-electron chi connectivity index (χ1n) is 10.3. The normalized spacial score (nSPS) is 15.1. The van der Waals surface area contributed by atoms with Crippen LogP contribution in [0, 0.1) is 11.3 Å². The van der Waals surface area contributed by atoms with E-state index < -0.39 is 5.60 Å². The Hall–Kier alpha value is -3.24. The molecule has 1 saturated carbocycles. The number of nitrogens with one attached hydrogen (secondary N) is 1. The highest BCUT2D eigenvalue weighted by Crippen LogP contribution is 2.34. The Labute approximate surface area is 175 Å². The van der Waals surface area contributed by atoms with E-state index in [-0.39, 0.29) is 11.5 Å². The predicted octanol–water partition coefficient (Wildman–Crippen LogP) is 4.29. The fraction of sp³-hybridized carbons (Fsp3) is 0.391. The Balaban J connectivity index is 1.71. The molecule has 0 saturated heterocycles. The molecule has 2 N–H and O–H groups in total. The number of hydrogen-bond acceptors (Lipinski definition) is 5. The summed E-state index contributed by atoms with van der Waals surface area (Å²) in [5.41, 5.74) is 1.33. The summed E-state index contributed by atoms with van der Waals surface area (Å²) in [7, 11) is 0. The average molecular weight is 403 g/mol. The Kier molecular flexibility index (Phi) is 5.27. The van der Waals surface area contributed by atoms with E-state index >= 15 is 0 Å². The van der Waals surface area contributed by atoms with Crippen LogP contribution in [0.4, 0.5) is 5.69 Å². The summed E-state index contributed by atoms with van der Waals surface area (Å²) >= 11 is 0. The van der Waals surface area contributed by atoms with Gasteiger partial charge in [-0.2, -0.15) is 10.4 Å². The first kappa shape index (κ1) is 20.0. The maximum atomic E-state index is 12.8. The van der Waals surface area contributed by atoms with Gasteiger partial charge >= 0.3 is 0 Å². The lowest BCUT2D eigenvalue weighted by molar-refractivity contribution is 0.0794. The molecule has 7 heteroatoms. The predicted molar refractivity (Wildman–Crippen MR) is 114 cm³/mol. The van der Waals surface area contributed by atoms with Crippen LogP contribution in [0.15, 0.2) is 36.8 Å². The molecule has 0 spiro atoms. The first-order valence-corrected chi connectivity index (χ1v) is 10.3. The van der Waals surface area contributed by atoms with Gasteiger partial charge in [0.1, 0.15) is 6.07 Å². The topological polar surface area (TPSA) is 104 Å². The molecule has 2 heterocycles. The molecule has 0 unspecified atom stereocenters. The number of carbonyl (C=O) groups excluding carboxylic acids is 1. The minimum absolute atomic E-state index is 0.286. The minimum atomic E-state index is -1.17. The molecule has 1 aliphatic rings. The molecule has 7 nitrogen and oxygen atoms in total. The van der Waals surface area contributed by atoms with E-state index in [4.69, 9.17) is 10.4 Å². The molecule has 30 heavy (non-hydrogen) atoms. The smallest absolute Gasteiger partial charge is 0.257 e. The number of aromatic nitrogens is 3.